The van der Waals surface area contributed by atoms with E-state index in [0.29, 0.717) is 17.2 Å². The lowest BCUT2D eigenvalue weighted by atomic mass is 9.87. The number of carboxylic acid groups (broad SMARTS) is 1. The van der Waals surface area contributed by atoms with Gasteiger partial charge in [-0.25, -0.2) is 9.78 Å². The third-order valence-corrected chi connectivity index (χ3v) is 5.15. The van der Waals surface area contributed by atoms with E-state index in [9.17, 15) is 14.7 Å². The zero-order valence-corrected chi connectivity index (χ0v) is 15.5. The van der Waals surface area contributed by atoms with Crippen molar-refractivity contribution in [3.05, 3.63) is 62.5 Å². The molecule has 25 heavy (non-hydrogen) atoms. The lowest BCUT2D eigenvalue weighted by Crippen LogP contribution is -2.25. The normalized spacial score (nSPS) is 11.8. The molecule has 0 aliphatic rings. The summed E-state index contributed by atoms with van der Waals surface area (Å²) < 4.78 is 1.54. The van der Waals surface area contributed by atoms with Gasteiger partial charge < -0.3 is 5.11 Å². The predicted octanol–water partition coefficient (Wildman–Crippen LogP) is 3.81. The quantitative estimate of drug-likeness (QED) is 0.774. The highest BCUT2D eigenvalue weighted by Crippen LogP contribution is 2.24. The molecular weight excluding hydrogens is 336 g/mol. The van der Waals surface area contributed by atoms with Gasteiger partial charge in [0.1, 0.15) is 10.7 Å². The Morgan fingerprint density at radius 1 is 1.24 bits per heavy atom. The van der Waals surface area contributed by atoms with E-state index >= 15 is 0 Å². The molecule has 0 fully saturated rings. The highest BCUT2D eigenvalue weighted by Gasteiger charge is 2.18. The van der Waals surface area contributed by atoms with Gasteiger partial charge in [-0.15, -0.1) is 11.3 Å². The third-order valence-electron chi connectivity index (χ3n) is 4.28. The van der Waals surface area contributed by atoms with Crippen LogP contribution in [0.2, 0.25) is 0 Å². The summed E-state index contributed by atoms with van der Waals surface area (Å²) in [7, 11) is 0. The zero-order valence-electron chi connectivity index (χ0n) is 14.7. The molecule has 0 saturated heterocycles. The molecule has 0 spiro atoms. The van der Waals surface area contributed by atoms with Crippen molar-refractivity contribution in [1.29, 1.82) is 0 Å². The van der Waals surface area contributed by atoms with Crippen LogP contribution in [0, 0.1) is 6.92 Å². The molecule has 0 bridgehead atoms. The summed E-state index contributed by atoms with van der Waals surface area (Å²) in [6, 6.07) is 8.13. The number of rotatable bonds is 3. The van der Waals surface area contributed by atoms with Crippen molar-refractivity contribution in [3.8, 4) is 0 Å². The molecule has 0 amide bonds. The molecule has 0 radical (unpaired) electrons. The molecule has 0 aliphatic carbocycles. The first-order valence-corrected chi connectivity index (χ1v) is 8.88. The molecule has 3 rings (SSSR count). The van der Waals surface area contributed by atoms with E-state index in [1.54, 1.807) is 6.92 Å². The average molecular weight is 356 g/mol. The van der Waals surface area contributed by atoms with E-state index in [1.807, 2.05) is 12.1 Å². The van der Waals surface area contributed by atoms with Crippen molar-refractivity contribution in [2.75, 3.05) is 0 Å². The standard InChI is InChI=1S/C19H20N2O3S/c1-11-20-16-15(14(10-25-16)18(23)24)17(22)21(11)9-12-5-7-13(8-6-12)19(2,3)4/h5-8,10H,9H2,1-4H3,(H,23,24). The van der Waals surface area contributed by atoms with E-state index in [4.69, 9.17) is 0 Å². The van der Waals surface area contributed by atoms with Crippen LogP contribution in [0.1, 0.15) is 48.1 Å². The van der Waals surface area contributed by atoms with Crippen LogP contribution in [0.25, 0.3) is 10.2 Å². The summed E-state index contributed by atoms with van der Waals surface area (Å²) in [6.45, 7) is 8.59. The van der Waals surface area contributed by atoms with Gasteiger partial charge in [0.15, 0.2) is 0 Å². The van der Waals surface area contributed by atoms with E-state index in [0.717, 1.165) is 5.56 Å². The molecule has 0 atom stereocenters. The maximum Gasteiger partial charge on any atom is 0.337 e. The van der Waals surface area contributed by atoms with Crippen molar-refractivity contribution in [3.63, 3.8) is 0 Å². The van der Waals surface area contributed by atoms with Crippen LogP contribution in [0.5, 0.6) is 0 Å². The molecule has 0 aliphatic heterocycles. The van der Waals surface area contributed by atoms with Crippen molar-refractivity contribution in [2.45, 2.75) is 39.7 Å². The second kappa shape index (κ2) is 6.11. The number of aromatic nitrogens is 2. The molecule has 1 N–H and O–H groups in total. The first-order valence-electron chi connectivity index (χ1n) is 8.00. The smallest absolute Gasteiger partial charge is 0.337 e. The first kappa shape index (κ1) is 17.4. The fraction of sp³-hybridized carbons (Fsp3) is 0.316. The van der Waals surface area contributed by atoms with Gasteiger partial charge in [0.05, 0.1) is 17.5 Å². The summed E-state index contributed by atoms with van der Waals surface area (Å²) in [5, 5.41) is 10.9. The summed E-state index contributed by atoms with van der Waals surface area (Å²) >= 11 is 1.19. The molecule has 130 valence electrons. The van der Waals surface area contributed by atoms with Gasteiger partial charge in [0.2, 0.25) is 0 Å². The van der Waals surface area contributed by atoms with E-state index < -0.39 is 5.97 Å². The SMILES string of the molecule is Cc1nc2scc(C(=O)O)c2c(=O)n1Cc1ccc(C(C)(C)C)cc1. The van der Waals surface area contributed by atoms with Crippen molar-refractivity contribution >= 4 is 27.5 Å². The number of fused-ring (bicyclic) bond motifs is 1. The Morgan fingerprint density at radius 2 is 1.88 bits per heavy atom. The monoisotopic (exact) mass is 356 g/mol. The van der Waals surface area contributed by atoms with E-state index in [2.05, 4.69) is 37.9 Å². The highest BCUT2D eigenvalue weighted by molar-refractivity contribution is 7.17. The predicted molar refractivity (Wildman–Crippen MR) is 99.8 cm³/mol. The van der Waals surface area contributed by atoms with Crippen LogP contribution in [-0.2, 0) is 12.0 Å². The van der Waals surface area contributed by atoms with Crippen LogP contribution in [0.4, 0.5) is 0 Å². The number of hydrogen-bond acceptors (Lipinski definition) is 4. The number of carboxylic acids is 1. The fourth-order valence-corrected chi connectivity index (χ4v) is 3.71. The third kappa shape index (κ3) is 3.22. The van der Waals surface area contributed by atoms with Gasteiger partial charge in [0, 0.05) is 5.38 Å². The fourth-order valence-electron chi connectivity index (χ4n) is 2.76. The van der Waals surface area contributed by atoms with Gasteiger partial charge in [-0.1, -0.05) is 45.0 Å². The summed E-state index contributed by atoms with van der Waals surface area (Å²) in [4.78, 5) is 29.1. The Bertz CT molecular complexity index is 1010. The summed E-state index contributed by atoms with van der Waals surface area (Å²) in [5.74, 6) is -0.522. The van der Waals surface area contributed by atoms with Crippen LogP contribution in [-0.4, -0.2) is 20.6 Å². The largest absolute Gasteiger partial charge is 0.478 e. The Hall–Kier alpha value is -2.47. The number of benzene rings is 1. The van der Waals surface area contributed by atoms with Gasteiger partial charge >= 0.3 is 5.97 Å². The van der Waals surface area contributed by atoms with E-state index in [-0.39, 0.29) is 21.9 Å². The molecule has 3 aromatic rings. The maximum absolute atomic E-state index is 12.8. The number of thiophene rings is 1. The molecular formula is C19H20N2O3S. The lowest BCUT2D eigenvalue weighted by Gasteiger charge is -2.19. The van der Waals surface area contributed by atoms with Gasteiger partial charge in [-0.05, 0) is 23.5 Å². The van der Waals surface area contributed by atoms with Crippen LogP contribution >= 0.6 is 11.3 Å². The molecule has 0 unspecified atom stereocenters. The van der Waals surface area contributed by atoms with Gasteiger partial charge in [0.25, 0.3) is 5.56 Å². The number of aryl methyl sites for hydroxylation is 1. The molecule has 2 heterocycles. The Balaban J connectivity index is 2.05. The molecule has 0 saturated carbocycles. The second-order valence-electron chi connectivity index (χ2n) is 7.13. The summed E-state index contributed by atoms with van der Waals surface area (Å²) in [5.41, 5.74) is 1.99. The molecule has 6 heteroatoms. The molecule has 1 aromatic carbocycles. The first-order chi connectivity index (χ1) is 11.7. The van der Waals surface area contributed by atoms with Gasteiger partial charge in [-0.2, -0.15) is 0 Å². The minimum Gasteiger partial charge on any atom is -0.478 e. The second-order valence-corrected chi connectivity index (χ2v) is 7.99. The minimum atomic E-state index is -1.10. The zero-order chi connectivity index (χ0) is 18.4. The van der Waals surface area contributed by atoms with Crippen LogP contribution in [0.3, 0.4) is 0 Å². The lowest BCUT2D eigenvalue weighted by molar-refractivity contribution is 0.0699. The number of carbonyl (C=O) groups is 1. The highest BCUT2D eigenvalue weighted by atomic mass is 32.1. The van der Waals surface area contributed by atoms with Crippen LogP contribution < -0.4 is 5.56 Å². The van der Waals surface area contributed by atoms with E-state index in [1.165, 1.54) is 26.8 Å². The average Bonchev–Trinajstić information content (AvgIpc) is 2.95. The van der Waals surface area contributed by atoms with Crippen molar-refractivity contribution < 1.29 is 9.90 Å². The number of aromatic carboxylic acids is 1. The minimum absolute atomic E-state index is 0.0225. The Kier molecular flexibility index (Phi) is 4.24. The molecule has 5 nitrogen and oxygen atoms in total. The van der Waals surface area contributed by atoms with Crippen molar-refractivity contribution in [1.82, 2.24) is 9.55 Å². The van der Waals surface area contributed by atoms with Crippen LogP contribution in [0.15, 0.2) is 34.4 Å². The number of hydrogen-bond donors (Lipinski definition) is 1. The number of nitrogens with zero attached hydrogens (tertiary/aromatic N) is 2. The Labute approximate surface area is 149 Å². The topological polar surface area (TPSA) is 72.2 Å². The summed E-state index contributed by atoms with van der Waals surface area (Å²) in [6.07, 6.45) is 0. The maximum atomic E-state index is 12.8. The molecule has 2 aromatic heterocycles. The van der Waals surface area contributed by atoms with Gasteiger partial charge in [-0.3, -0.25) is 9.36 Å². The Morgan fingerprint density at radius 3 is 2.44 bits per heavy atom. The van der Waals surface area contributed by atoms with Crippen molar-refractivity contribution in [2.24, 2.45) is 0 Å².